The predicted molar refractivity (Wildman–Crippen MR) is 123 cm³/mol. The molecule has 0 saturated heterocycles. The molecule has 0 atom stereocenters. The summed E-state index contributed by atoms with van der Waals surface area (Å²) in [6.45, 7) is 6.04. The second-order valence-electron chi connectivity index (χ2n) is 6.90. The van der Waals surface area contributed by atoms with Gasteiger partial charge in [-0.25, -0.2) is 8.42 Å². The van der Waals surface area contributed by atoms with Crippen molar-refractivity contribution in [3.63, 3.8) is 0 Å². The molecule has 0 heterocycles. The van der Waals surface area contributed by atoms with Crippen molar-refractivity contribution < 1.29 is 13.2 Å². The Morgan fingerprint density at radius 2 is 1.78 bits per heavy atom. The minimum absolute atomic E-state index is 0. The summed E-state index contributed by atoms with van der Waals surface area (Å²) in [6.07, 6.45) is 0. The van der Waals surface area contributed by atoms with E-state index in [9.17, 15) is 13.2 Å². The fourth-order valence-electron chi connectivity index (χ4n) is 2.19. The van der Waals surface area contributed by atoms with E-state index in [1.54, 1.807) is 43.3 Å². The Morgan fingerprint density at radius 1 is 1.22 bits per heavy atom. The fraction of sp³-hybridized carbons (Fsp3) is 0.529. The third-order valence-corrected chi connectivity index (χ3v) is 5.56. The molecule has 7 nitrogen and oxygen atoms in total. The van der Waals surface area contributed by atoms with E-state index in [1.165, 1.54) is 0 Å². The monoisotopic (exact) mass is 574 g/mol. The van der Waals surface area contributed by atoms with Gasteiger partial charge in [-0.2, -0.15) is 0 Å². The molecule has 154 valence electrons. The van der Waals surface area contributed by atoms with E-state index in [2.05, 4.69) is 31.6 Å². The van der Waals surface area contributed by atoms with Crippen LogP contribution in [0.3, 0.4) is 0 Å². The second-order valence-corrected chi connectivity index (χ2v) is 9.93. The van der Waals surface area contributed by atoms with Crippen molar-refractivity contribution in [1.29, 1.82) is 0 Å². The highest BCUT2D eigenvalue weighted by molar-refractivity contribution is 14.0. The molecule has 0 fully saturated rings. The van der Waals surface area contributed by atoms with Crippen LogP contribution in [-0.4, -0.2) is 63.7 Å². The largest absolute Gasteiger partial charge is 0.355 e. The van der Waals surface area contributed by atoms with Gasteiger partial charge < -0.3 is 15.5 Å². The van der Waals surface area contributed by atoms with E-state index in [-0.39, 0.29) is 59.2 Å². The maximum Gasteiger partial charge on any atom is 0.240 e. The average molecular weight is 575 g/mol. The molecule has 0 aliphatic carbocycles. The maximum absolute atomic E-state index is 12.3. The third kappa shape index (κ3) is 9.74. The normalized spacial score (nSPS) is 12.1. The Bertz CT molecular complexity index is 746. The first-order chi connectivity index (χ1) is 11.9. The van der Waals surface area contributed by atoms with Crippen molar-refractivity contribution in [3.8, 4) is 0 Å². The van der Waals surface area contributed by atoms with Gasteiger partial charge in [-0.05, 0) is 45.0 Å². The van der Waals surface area contributed by atoms with Crippen molar-refractivity contribution in [3.05, 3.63) is 28.7 Å². The highest BCUT2D eigenvalue weighted by Gasteiger charge is 2.18. The molecule has 0 aliphatic heterocycles. The van der Waals surface area contributed by atoms with Gasteiger partial charge in [0.2, 0.25) is 5.91 Å². The molecule has 0 spiro atoms. The number of benzene rings is 1. The van der Waals surface area contributed by atoms with E-state index in [4.69, 9.17) is 0 Å². The Morgan fingerprint density at radius 3 is 2.26 bits per heavy atom. The van der Waals surface area contributed by atoms with Crippen molar-refractivity contribution in [2.75, 3.05) is 32.9 Å². The maximum atomic E-state index is 12.3. The lowest BCUT2D eigenvalue weighted by Gasteiger charge is -2.25. The molecule has 1 amide bonds. The van der Waals surface area contributed by atoms with Gasteiger partial charge in [0.25, 0.3) is 0 Å². The van der Waals surface area contributed by atoms with Crippen LogP contribution < -0.4 is 10.6 Å². The van der Waals surface area contributed by atoms with Crippen LogP contribution in [0.1, 0.15) is 20.8 Å². The predicted octanol–water partition coefficient (Wildman–Crippen LogP) is 2.26. The van der Waals surface area contributed by atoms with Crippen molar-refractivity contribution in [2.45, 2.75) is 31.2 Å². The van der Waals surface area contributed by atoms with Crippen molar-refractivity contribution in [2.24, 2.45) is 4.99 Å². The number of rotatable bonds is 6. The Labute approximate surface area is 187 Å². The van der Waals surface area contributed by atoms with Gasteiger partial charge in [-0.3, -0.25) is 9.79 Å². The molecule has 0 saturated carbocycles. The van der Waals surface area contributed by atoms with Crippen LogP contribution in [0.5, 0.6) is 0 Å². The zero-order chi connectivity index (χ0) is 20.0. The Kier molecular flexibility index (Phi) is 10.8. The first kappa shape index (κ1) is 26.1. The molecule has 0 unspecified atom stereocenters. The lowest BCUT2D eigenvalue weighted by Crippen LogP contribution is -2.49. The number of amides is 1. The molecule has 1 rings (SSSR count). The molecule has 0 radical (unpaired) electrons. The molecule has 10 heteroatoms. The summed E-state index contributed by atoms with van der Waals surface area (Å²) in [5, 5.41) is 5.85. The number of nitrogens with zero attached hydrogens (tertiary/aromatic N) is 2. The van der Waals surface area contributed by atoms with Gasteiger partial charge in [0.1, 0.15) is 0 Å². The fourth-order valence-corrected chi connectivity index (χ4v) is 3.61. The summed E-state index contributed by atoms with van der Waals surface area (Å²) in [5.41, 5.74) is -0.312. The number of carbonyl (C=O) groups is 1. The summed E-state index contributed by atoms with van der Waals surface area (Å²) in [4.78, 5) is 18.0. The van der Waals surface area contributed by atoms with Crippen molar-refractivity contribution in [1.82, 2.24) is 15.5 Å². The number of halogens is 2. The van der Waals surface area contributed by atoms with Gasteiger partial charge in [0.05, 0.1) is 17.2 Å². The zero-order valence-electron chi connectivity index (χ0n) is 16.2. The van der Waals surface area contributed by atoms with Gasteiger partial charge in [-0.1, -0.05) is 15.9 Å². The summed E-state index contributed by atoms with van der Waals surface area (Å²) in [6, 6.07) is 6.52. The number of nitrogens with one attached hydrogen (secondary N) is 2. The quantitative estimate of drug-likeness (QED) is 0.309. The number of aliphatic imine (C=N–C) groups is 1. The lowest BCUT2D eigenvalue weighted by molar-refractivity contribution is -0.122. The standard InChI is InChI=1S/C17H27BrN4O3S.HI/c1-17(2,3)21-15(23)12-22(5)16(19-4)20-10-11-26(24,25)14-8-6-13(18)7-9-14;/h6-9H,10-12H2,1-5H3,(H,19,20)(H,21,23);1H. The lowest BCUT2D eigenvalue weighted by atomic mass is 10.1. The highest BCUT2D eigenvalue weighted by Crippen LogP contribution is 2.15. The summed E-state index contributed by atoms with van der Waals surface area (Å²) in [7, 11) is -0.0798. The molecule has 2 N–H and O–H groups in total. The smallest absolute Gasteiger partial charge is 0.240 e. The first-order valence-corrected chi connectivity index (χ1v) is 10.6. The highest BCUT2D eigenvalue weighted by atomic mass is 127. The minimum Gasteiger partial charge on any atom is -0.355 e. The molecule has 1 aromatic carbocycles. The molecule has 0 aromatic heterocycles. The second kappa shape index (κ2) is 11.2. The topological polar surface area (TPSA) is 90.9 Å². The molecular formula is C17H28BrIN4O3S. The van der Waals surface area contributed by atoms with Crippen LogP contribution in [0.15, 0.2) is 38.6 Å². The molecule has 0 bridgehead atoms. The number of hydrogen-bond acceptors (Lipinski definition) is 4. The summed E-state index contributed by atoms with van der Waals surface area (Å²) >= 11 is 3.29. The van der Waals surface area contributed by atoms with Gasteiger partial charge >= 0.3 is 0 Å². The Balaban J connectivity index is 0.00000676. The molecule has 27 heavy (non-hydrogen) atoms. The summed E-state index contributed by atoms with van der Waals surface area (Å²) < 4.78 is 25.5. The summed E-state index contributed by atoms with van der Waals surface area (Å²) in [5.74, 6) is 0.251. The average Bonchev–Trinajstić information content (AvgIpc) is 2.49. The zero-order valence-corrected chi connectivity index (χ0v) is 21.0. The molecule has 0 aliphatic rings. The van der Waals surface area contributed by atoms with Crippen LogP contribution in [0.4, 0.5) is 0 Å². The number of hydrogen-bond donors (Lipinski definition) is 2. The van der Waals surface area contributed by atoms with Crippen molar-refractivity contribution >= 4 is 61.6 Å². The number of carbonyl (C=O) groups excluding carboxylic acids is 1. The van der Waals surface area contributed by atoms with Crippen LogP contribution >= 0.6 is 39.9 Å². The third-order valence-electron chi connectivity index (χ3n) is 3.30. The van der Waals surface area contributed by atoms with E-state index in [1.807, 2.05) is 20.8 Å². The number of sulfone groups is 1. The van der Waals surface area contributed by atoms with Crippen LogP contribution in [0, 0.1) is 0 Å². The van der Waals surface area contributed by atoms with E-state index < -0.39 is 9.84 Å². The van der Waals surface area contributed by atoms with E-state index in [0.29, 0.717) is 5.96 Å². The SMILES string of the molecule is CN=C(NCCS(=O)(=O)c1ccc(Br)cc1)N(C)CC(=O)NC(C)(C)C.I. The van der Waals surface area contributed by atoms with Gasteiger partial charge in [-0.15, -0.1) is 24.0 Å². The van der Waals surface area contributed by atoms with E-state index >= 15 is 0 Å². The van der Waals surface area contributed by atoms with Crippen LogP contribution in [0.25, 0.3) is 0 Å². The van der Waals surface area contributed by atoms with Gasteiger partial charge in [0.15, 0.2) is 15.8 Å². The van der Waals surface area contributed by atoms with Crippen LogP contribution in [-0.2, 0) is 14.6 Å². The number of guanidine groups is 1. The molecular weight excluding hydrogens is 547 g/mol. The van der Waals surface area contributed by atoms with Gasteiger partial charge in [0, 0.05) is 30.7 Å². The first-order valence-electron chi connectivity index (χ1n) is 8.16. The number of likely N-dealkylation sites (N-methyl/N-ethyl adjacent to an activating group) is 1. The Hall–Kier alpha value is -0.880. The minimum atomic E-state index is -3.39. The van der Waals surface area contributed by atoms with E-state index in [0.717, 1.165) is 4.47 Å². The molecule has 1 aromatic rings. The van der Waals surface area contributed by atoms with Crippen LogP contribution in [0.2, 0.25) is 0 Å².